The molecule has 0 aliphatic carbocycles. The van der Waals surface area contributed by atoms with Gasteiger partial charge in [0, 0.05) is 12.0 Å². The lowest BCUT2D eigenvalue weighted by Gasteiger charge is -2.20. The van der Waals surface area contributed by atoms with Gasteiger partial charge >= 0.3 is 0 Å². The minimum atomic E-state index is -0.782. The molecule has 0 bridgehead atoms. The van der Waals surface area contributed by atoms with Crippen LogP contribution in [0.25, 0.3) is 0 Å². The van der Waals surface area contributed by atoms with Crippen molar-refractivity contribution in [1.29, 1.82) is 0 Å². The molecule has 0 radical (unpaired) electrons. The Morgan fingerprint density at radius 2 is 1.81 bits per heavy atom. The summed E-state index contributed by atoms with van der Waals surface area (Å²) in [4.78, 5) is 0. The number of halogens is 1. The van der Waals surface area contributed by atoms with Gasteiger partial charge in [-0.15, -0.1) is 12.4 Å². The Bertz CT molecular complexity index is 563. The van der Waals surface area contributed by atoms with E-state index in [2.05, 4.69) is 0 Å². The summed E-state index contributed by atoms with van der Waals surface area (Å²) in [6, 6.07) is 13.7. The van der Waals surface area contributed by atoms with E-state index in [9.17, 15) is 10.2 Å². The summed E-state index contributed by atoms with van der Waals surface area (Å²) >= 11 is 0. The summed E-state index contributed by atoms with van der Waals surface area (Å²) in [7, 11) is 1.54. The molecular formula is C16H20ClNO3. The van der Waals surface area contributed by atoms with Gasteiger partial charge in [0.25, 0.3) is 0 Å². The first-order chi connectivity index (χ1) is 9.61. The largest absolute Gasteiger partial charge is 0.508 e. The number of hydrogen-bond donors (Lipinski definition) is 3. The highest BCUT2D eigenvalue weighted by Crippen LogP contribution is 2.29. The van der Waals surface area contributed by atoms with E-state index in [0.717, 1.165) is 5.56 Å². The van der Waals surface area contributed by atoms with E-state index in [4.69, 9.17) is 10.5 Å². The number of benzene rings is 2. The quantitative estimate of drug-likeness (QED) is 0.793. The Hall–Kier alpha value is -1.75. The number of aromatic hydroxyl groups is 1. The van der Waals surface area contributed by atoms with Crippen molar-refractivity contribution in [2.24, 2.45) is 5.73 Å². The monoisotopic (exact) mass is 309 g/mol. The van der Waals surface area contributed by atoms with Crippen LogP contribution >= 0.6 is 12.4 Å². The second-order valence-corrected chi connectivity index (χ2v) is 4.71. The molecule has 0 heterocycles. The number of nitrogens with two attached hydrogens (primary N) is 1. The van der Waals surface area contributed by atoms with Gasteiger partial charge in [-0.3, -0.25) is 0 Å². The van der Waals surface area contributed by atoms with E-state index in [1.54, 1.807) is 19.2 Å². The van der Waals surface area contributed by atoms with Crippen LogP contribution in [0, 0.1) is 0 Å². The van der Waals surface area contributed by atoms with Gasteiger partial charge in [-0.1, -0.05) is 30.3 Å². The number of hydrogen-bond acceptors (Lipinski definition) is 4. The third kappa shape index (κ3) is 4.36. The number of phenolic OH excluding ortho intramolecular Hbond substituents is 1. The van der Waals surface area contributed by atoms with Gasteiger partial charge in [-0.2, -0.15) is 0 Å². The molecule has 0 saturated carbocycles. The molecule has 2 aromatic rings. The first-order valence-corrected chi connectivity index (χ1v) is 6.46. The maximum atomic E-state index is 10.2. The highest BCUT2D eigenvalue weighted by Gasteiger charge is 2.20. The van der Waals surface area contributed by atoms with Gasteiger partial charge < -0.3 is 20.7 Å². The Morgan fingerprint density at radius 1 is 1.14 bits per heavy atom. The topological polar surface area (TPSA) is 75.7 Å². The molecule has 0 aromatic heterocycles. The Labute approximate surface area is 130 Å². The van der Waals surface area contributed by atoms with E-state index in [0.29, 0.717) is 17.7 Å². The van der Waals surface area contributed by atoms with Gasteiger partial charge in [0.15, 0.2) is 0 Å². The van der Waals surface area contributed by atoms with Crippen LogP contribution in [0.1, 0.15) is 17.2 Å². The lowest BCUT2D eigenvalue weighted by molar-refractivity contribution is 0.143. The fraction of sp³-hybridized carbons (Fsp3) is 0.250. The Morgan fingerprint density at radius 3 is 2.43 bits per heavy atom. The summed E-state index contributed by atoms with van der Waals surface area (Å²) < 4.78 is 5.11. The van der Waals surface area contributed by atoms with Gasteiger partial charge in [0.05, 0.1) is 19.3 Å². The summed E-state index contributed by atoms with van der Waals surface area (Å²) in [5, 5.41) is 20.1. The predicted molar refractivity (Wildman–Crippen MR) is 85.0 cm³/mol. The molecule has 0 aliphatic heterocycles. The summed E-state index contributed by atoms with van der Waals surface area (Å²) in [5.41, 5.74) is 7.52. The number of rotatable bonds is 5. The van der Waals surface area contributed by atoms with E-state index in [1.807, 2.05) is 30.3 Å². The third-order valence-corrected chi connectivity index (χ3v) is 3.30. The minimum absolute atomic E-state index is 0. The Balaban J connectivity index is 0.00000220. The van der Waals surface area contributed by atoms with Crippen molar-refractivity contribution in [1.82, 2.24) is 0 Å². The molecule has 0 saturated heterocycles. The SMILES string of the molecule is COc1ccc(O)c([C@@H](N)[C@@H](O)Cc2ccccc2)c1.Cl. The molecule has 0 fully saturated rings. The fourth-order valence-corrected chi connectivity index (χ4v) is 2.12. The van der Waals surface area contributed by atoms with Crippen molar-refractivity contribution in [3.8, 4) is 11.5 Å². The van der Waals surface area contributed by atoms with Crippen molar-refractivity contribution in [2.45, 2.75) is 18.6 Å². The van der Waals surface area contributed by atoms with E-state index < -0.39 is 12.1 Å². The van der Waals surface area contributed by atoms with Crippen molar-refractivity contribution >= 4 is 12.4 Å². The molecule has 0 unspecified atom stereocenters. The average Bonchev–Trinajstić information content (AvgIpc) is 2.48. The zero-order valence-electron chi connectivity index (χ0n) is 11.8. The van der Waals surface area contributed by atoms with Crippen molar-refractivity contribution in [3.63, 3.8) is 0 Å². The standard InChI is InChI=1S/C16H19NO3.ClH/c1-20-12-7-8-14(18)13(10-12)16(17)15(19)9-11-5-3-2-4-6-11;/h2-8,10,15-16,18-19H,9,17H2,1H3;1H/t15-,16+;/m0./s1. The molecular weight excluding hydrogens is 290 g/mol. The molecule has 5 heteroatoms. The molecule has 2 rings (SSSR count). The average molecular weight is 310 g/mol. The highest BCUT2D eigenvalue weighted by atomic mass is 35.5. The predicted octanol–water partition coefficient (Wildman–Crippen LogP) is 2.43. The first-order valence-electron chi connectivity index (χ1n) is 6.46. The van der Waals surface area contributed by atoms with Crippen LogP contribution in [0.2, 0.25) is 0 Å². The lowest BCUT2D eigenvalue weighted by atomic mass is 9.96. The van der Waals surface area contributed by atoms with Crippen LogP contribution in [-0.4, -0.2) is 23.4 Å². The zero-order chi connectivity index (χ0) is 14.5. The second kappa shape index (κ2) is 7.88. The van der Waals surface area contributed by atoms with Crippen molar-refractivity contribution in [3.05, 3.63) is 59.7 Å². The number of ether oxygens (including phenoxy) is 1. The smallest absolute Gasteiger partial charge is 0.120 e. The molecule has 114 valence electrons. The maximum Gasteiger partial charge on any atom is 0.120 e. The molecule has 0 amide bonds. The van der Waals surface area contributed by atoms with Gasteiger partial charge in [-0.25, -0.2) is 0 Å². The summed E-state index contributed by atoms with van der Waals surface area (Å²) in [6.07, 6.45) is -0.353. The van der Waals surface area contributed by atoms with Gasteiger partial charge in [-0.05, 0) is 23.8 Å². The summed E-state index contributed by atoms with van der Waals surface area (Å²) in [5.74, 6) is 0.658. The van der Waals surface area contributed by atoms with Crippen LogP contribution in [0.3, 0.4) is 0 Å². The number of methoxy groups -OCH3 is 1. The van der Waals surface area contributed by atoms with Crippen LogP contribution < -0.4 is 10.5 Å². The van der Waals surface area contributed by atoms with E-state index >= 15 is 0 Å². The normalized spacial score (nSPS) is 13.1. The van der Waals surface area contributed by atoms with Crippen LogP contribution in [0.4, 0.5) is 0 Å². The molecule has 4 N–H and O–H groups in total. The van der Waals surface area contributed by atoms with E-state index in [-0.39, 0.29) is 18.2 Å². The first kappa shape index (κ1) is 17.3. The molecule has 4 nitrogen and oxygen atoms in total. The molecule has 0 aliphatic rings. The second-order valence-electron chi connectivity index (χ2n) is 4.71. The van der Waals surface area contributed by atoms with Gasteiger partial charge in [0.1, 0.15) is 11.5 Å². The summed E-state index contributed by atoms with van der Waals surface area (Å²) in [6.45, 7) is 0. The van der Waals surface area contributed by atoms with E-state index in [1.165, 1.54) is 6.07 Å². The molecule has 0 spiro atoms. The molecule has 2 aromatic carbocycles. The lowest BCUT2D eigenvalue weighted by Crippen LogP contribution is -2.28. The fourth-order valence-electron chi connectivity index (χ4n) is 2.12. The van der Waals surface area contributed by atoms with Crippen LogP contribution in [-0.2, 0) is 6.42 Å². The van der Waals surface area contributed by atoms with Crippen LogP contribution in [0.15, 0.2) is 48.5 Å². The van der Waals surface area contributed by atoms with Crippen molar-refractivity contribution < 1.29 is 14.9 Å². The number of phenols is 1. The van der Waals surface area contributed by atoms with Gasteiger partial charge in [0.2, 0.25) is 0 Å². The molecule has 2 atom stereocenters. The number of aliphatic hydroxyl groups excluding tert-OH is 1. The third-order valence-electron chi connectivity index (χ3n) is 3.30. The molecule has 21 heavy (non-hydrogen) atoms. The maximum absolute atomic E-state index is 10.2. The van der Waals surface area contributed by atoms with Crippen LogP contribution in [0.5, 0.6) is 11.5 Å². The Kier molecular flexibility index (Phi) is 6.49. The van der Waals surface area contributed by atoms with Crippen molar-refractivity contribution in [2.75, 3.05) is 7.11 Å². The highest BCUT2D eigenvalue weighted by molar-refractivity contribution is 5.85. The number of aliphatic hydroxyl groups is 1. The zero-order valence-corrected chi connectivity index (χ0v) is 12.6. The minimum Gasteiger partial charge on any atom is -0.508 e.